The third-order valence-electron chi connectivity index (χ3n) is 9.27. The number of ether oxygens (including phenoxy) is 2. The minimum Gasteiger partial charge on any atom is -0.494 e. The zero-order chi connectivity index (χ0) is 33.4. The second-order valence-electron chi connectivity index (χ2n) is 13.1. The van der Waals surface area contributed by atoms with E-state index in [1.807, 2.05) is 55.7 Å². The lowest BCUT2D eigenvalue weighted by atomic mass is 10.0. The molecule has 3 amide bonds. The van der Waals surface area contributed by atoms with Gasteiger partial charge in [0.05, 0.1) is 19.2 Å². The van der Waals surface area contributed by atoms with Gasteiger partial charge in [-0.2, -0.15) is 17.7 Å². The summed E-state index contributed by atoms with van der Waals surface area (Å²) < 4.78 is 42.1. The highest BCUT2D eigenvalue weighted by molar-refractivity contribution is 7.87. The summed E-state index contributed by atoms with van der Waals surface area (Å²) in [4.78, 5) is 47.7. The Bertz CT molecular complexity index is 1620. The van der Waals surface area contributed by atoms with E-state index >= 15 is 0 Å². The molecule has 1 aromatic carbocycles. The zero-order valence-electron chi connectivity index (χ0n) is 27.5. The van der Waals surface area contributed by atoms with E-state index in [2.05, 4.69) is 10.0 Å². The average Bonchev–Trinajstić information content (AvgIpc) is 3.33. The van der Waals surface area contributed by atoms with Crippen LogP contribution in [0.15, 0.2) is 30.4 Å². The topological polar surface area (TPSA) is 152 Å². The molecule has 0 radical (unpaired) electrons. The molecule has 1 aromatic heterocycles. The molecule has 13 nitrogen and oxygen atoms in total. The van der Waals surface area contributed by atoms with Crippen LogP contribution in [0.2, 0.25) is 0 Å². The van der Waals surface area contributed by atoms with E-state index in [0.29, 0.717) is 23.7 Å². The van der Waals surface area contributed by atoms with E-state index in [0.717, 1.165) is 35.5 Å². The standard InChI is InChI=1S/C32H46N6O7S/c1-20(2)38-24-15-12-16-26(44-6)27(24)33-31(38)45-23-17-25-28(39)34-32(30(41)35-46(42,43)36(4)5)18-22(32)14-11-9-7-8-10-13-21(3)29(40)37(25)19-23/h11-12,14-16,20-23,25H,7-10,13,17-19H2,1-6H3,(H,34,39)(H,35,41)/b14-11-/t21-,22+,23+,25-,32+/m0/s1. The summed E-state index contributed by atoms with van der Waals surface area (Å²) >= 11 is 0. The lowest BCUT2D eigenvalue weighted by molar-refractivity contribution is -0.142. The summed E-state index contributed by atoms with van der Waals surface area (Å²) in [5.41, 5.74) is 0.0451. The van der Waals surface area contributed by atoms with Crippen molar-refractivity contribution in [1.29, 1.82) is 0 Å². The number of nitrogens with zero attached hydrogens (tertiary/aromatic N) is 4. The molecule has 0 unspecified atom stereocenters. The van der Waals surface area contributed by atoms with E-state index in [9.17, 15) is 22.8 Å². The van der Waals surface area contributed by atoms with Gasteiger partial charge in [0.25, 0.3) is 11.9 Å². The molecule has 0 spiro atoms. The molecule has 1 saturated carbocycles. The van der Waals surface area contributed by atoms with Gasteiger partial charge in [0.1, 0.15) is 29.0 Å². The van der Waals surface area contributed by atoms with Gasteiger partial charge in [0, 0.05) is 38.4 Å². The van der Waals surface area contributed by atoms with Crippen molar-refractivity contribution in [3.63, 3.8) is 0 Å². The maximum Gasteiger partial charge on any atom is 0.303 e. The molecule has 1 saturated heterocycles. The van der Waals surface area contributed by atoms with Crippen molar-refractivity contribution in [1.82, 2.24) is 28.8 Å². The van der Waals surface area contributed by atoms with Crippen LogP contribution in [0.4, 0.5) is 0 Å². The van der Waals surface area contributed by atoms with Gasteiger partial charge in [-0.15, -0.1) is 0 Å². The number of amides is 3. The molecule has 2 fully saturated rings. The highest BCUT2D eigenvalue weighted by Gasteiger charge is 2.61. The number of hydrogen-bond acceptors (Lipinski definition) is 8. The number of aromatic nitrogens is 2. The first-order valence-electron chi connectivity index (χ1n) is 16.0. The second-order valence-corrected chi connectivity index (χ2v) is 15.0. The number of carbonyl (C=O) groups excluding carboxylic acids is 3. The number of allylic oxidation sites excluding steroid dienone is 1. The number of carbonyl (C=O) groups is 3. The lowest BCUT2D eigenvalue weighted by Crippen LogP contribution is -2.57. The first-order valence-corrected chi connectivity index (χ1v) is 17.5. The molecular formula is C32H46N6O7S. The summed E-state index contributed by atoms with van der Waals surface area (Å²) in [6, 6.07) is 5.10. The Kier molecular flexibility index (Phi) is 9.69. The van der Waals surface area contributed by atoms with Crippen LogP contribution in [0.3, 0.4) is 0 Å². The van der Waals surface area contributed by atoms with Gasteiger partial charge in [-0.3, -0.25) is 19.0 Å². The first-order chi connectivity index (χ1) is 21.8. The fraction of sp³-hybridized carbons (Fsp3) is 0.625. The molecule has 3 heterocycles. The number of nitrogens with one attached hydrogen (secondary N) is 2. The van der Waals surface area contributed by atoms with Crippen molar-refractivity contribution < 1.29 is 32.3 Å². The Hall–Kier alpha value is -3.65. The van der Waals surface area contributed by atoms with E-state index in [-0.39, 0.29) is 43.2 Å². The van der Waals surface area contributed by atoms with Crippen molar-refractivity contribution in [3.05, 3.63) is 30.4 Å². The predicted octanol–water partition coefficient (Wildman–Crippen LogP) is 2.93. The summed E-state index contributed by atoms with van der Waals surface area (Å²) in [5.74, 6) is -1.55. The normalized spacial score (nSPS) is 28.2. The first kappa shape index (κ1) is 33.7. The van der Waals surface area contributed by atoms with Crippen LogP contribution < -0.4 is 19.5 Å². The van der Waals surface area contributed by atoms with Crippen LogP contribution in [0.1, 0.15) is 71.8 Å². The Morgan fingerprint density at radius 3 is 2.65 bits per heavy atom. The largest absolute Gasteiger partial charge is 0.494 e. The summed E-state index contributed by atoms with van der Waals surface area (Å²) in [6.07, 6.45) is 7.98. The van der Waals surface area contributed by atoms with Crippen LogP contribution in [0.5, 0.6) is 11.8 Å². The van der Waals surface area contributed by atoms with Crippen LogP contribution in [-0.4, -0.2) is 90.3 Å². The van der Waals surface area contributed by atoms with Gasteiger partial charge in [-0.1, -0.05) is 38.0 Å². The van der Waals surface area contributed by atoms with Gasteiger partial charge >= 0.3 is 10.2 Å². The van der Waals surface area contributed by atoms with Crippen molar-refractivity contribution in [3.8, 4) is 11.8 Å². The zero-order valence-corrected chi connectivity index (χ0v) is 28.3. The van der Waals surface area contributed by atoms with Gasteiger partial charge < -0.3 is 19.7 Å². The Morgan fingerprint density at radius 2 is 1.96 bits per heavy atom. The molecule has 14 heteroatoms. The molecule has 3 aliphatic rings. The Morgan fingerprint density at radius 1 is 1.20 bits per heavy atom. The second kappa shape index (κ2) is 13.2. The predicted molar refractivity (Wildman–Crippen MR) is 172 cm³/mol. The fourth-order valence-corrected chi connectivity index (χ4v) is 7.08. The lowest BCUT2D eigenvalue weighted by Gasteiger charge is -2.28. The smallest absolute Gasteiger partial charge is 0.303 e. The number of rotatable bonds is 7. The minimum atomic E-state index is -4.09. The van der Waals surface area contributed by atoms with E-state index in [1.165, 1.54) is 14.1 Å². The number of methoxy groups -OCH3 is 1. The van der Waals surface area contributed by atoms with Gasteiger partial charge in [-0.05, 0) is 51.7 Å². The van der Waals surface area contributed by atoms with Gasteiger partial charge in [0.15, 0.2) is 0 Å². The average molecular weight is 659 g/mol. The number of hydrogen-bond donors (Lipinski definition) is 2. The molecule has 5 rings (SSSR count). The Labute approximate surface area is 270 Å². The summed E-state index contributed by atoms with van der Waals surface area (Å²) in [6.45, 7) is 6.08. The van der Waals surface area contributed by atoms with Crippen molar-refractivity contribution in [2.24, 2.45) is 11.8 Å². The molecule has 0 bridgehead atoms. The van der Waals surface area contributed by atoms with E-state index < -0.39 is 39.7 Å². The summed E-state index contributed by atoms with van der Waals surface area (Å²) in [5, 5.41) is 2.88. The van der Waals surface area contributed by atoms with Crippen LogP contribution >= 0.6 is 0 Å². The number of imidazole rings is 1. The van der Waals surface area contributed by atoms with Crippen LogP contribution in [0, 0.1) is 11.8 Å². The van der Waals surface area contributed by atoms with Crippen molar-refractivity contribution >= 4 is 39.0 Å². The van der Waals surface area contributed by atoms with Crippen LogP contribution in [-0.2, 0) is 24.6 Å². The molecule has 252 valence electrons. The number of para-hydroxylation sites is 1. The van der Waals surface area contributed by atoms with Crippen molar-refractivity contribution in [2.75, 3.05) is 27.7 Å². The molecule has 2 N–H and O–H groups in total. The van der Waals surface area contributed by atoms with Crippen LogP contribution in [0.25, 0.3) is 11.0 Å². The maximum absolute atomic E-state index is 14.1. The molecule has 5 atom stereocenters. The minimum absolute atomic E-state index is 0.000548. The van der Waals surface area contributed by atoms with E-state index in [4.69, 9.17) is 14.5 Å². The third kappa shape index (κ3) is 6.59. The SMILES string of the molecule is COc1cccc2c1nc(O[C@@H]1C[C@H]3C(=O)N[C@]4(C(=O)NS(=O)(=O)N(C)C)C[C@H]4/C=C\CCCCC[C@H](C)C(=O)N3C1)n2C(C)C. The maximum atomic E-state index is 14.1. The molecule has 2 aliphatic heterocycles. The number of benzene rings is 1. The highest BCUT2D eigenvalue weighted by Crippen LogP contribution is 2.46. The number of fused-ring (bicyclic) bond motifs is 3. The van der Waals surface area contributed by atoms with Crippen molar-refractivity contribution in [2.45, 2.75) is 89.4 Å². The monoisotopic (exact) mass is 658 g/mol. The quantitative estimate of drug-likeness (QED) is 0.431. The Balaban J connectivity index is 1.46. The highest BCUT2D eigenvalue weighted by atomic mass is 32.2. The molecular weight excluding hydrogens is 612 g/mol. The molecule has 46 heavy (non-hydrogen) atoms. The van der Waals surface area contributed by atoms with Gasteiger partial charge in [0.2, 0.25) is 11.8 Å². The fourth-order valence-electron chi connectivity index (χ4n) is 6.48. The third-order valence-corrected chi connectivity index (χ3v) is 10.7. The van der Waals surface area contributed by atoms with Gasteiger partial charge in [-0.25, -0.2) is 4.72 Å². The molecule has 2 aromatic rings. The van der Waals surface area contributed by atoms with E-state index in [1.54, 1.807) is 12.0 Å². The molecule has 1 aliphatic carbocycles. The summed E-state index contributed by atoms with van der Waals surface area (Å²) in [7, 11) is 0.132.